The highest BCUT2D eigenvalue weighted by atomic mass is 32.1. The molecule has 1 aliphatic rings. The fraction of sp³-hybridized carbons (Fsp3) is 0.579. The Balaban J connectivity index is 1.86. The Hall–Kier alpha value is -1.66. The highest BCUT2D eigenvalue weighted by molar-refractivity contribution is 7.13. The number of amides is 1. The lowest BCUT2D eigenvalue weighted by atomic mass is 10.1. The maximum Gasteiger partial charge on any atom is 0.345 e. The number of carbonyl (C=O) groups is 2. The average Bonchev–Trinajstić information content (AvgIpc) is 3.18. The molecule has 2 heterocycles. The van der Waals surface area contributed by atoms with E-state index in [1.165, 1.54) is 11.3 Å². The molecule has 1 fully saturated rings. The first-order valence-electron chi connectivity index (χ1n) is 8.99. The number of hydrogen-bond donors (Lipinski definition) is 2. The summed E-state index contributed by atoms with van der Waals surface area (Å²) >= 11 is 1.26. The van der Waals surface area contributed by atoms with Crippen molar-refractivity contribution in [1.82, 2.24) is 4.90 Å². The summed E-state index contributed by atoms with van der Waals surface area (Å²) in [6, 6.07) is 3.46. The lowest BCUT2D eigenvalue weighted by Gasteiger charge is -2.22. The van der Waals surface area contributed by atoms with Crippen LogP contribution >= 0.6 is 11.3 Å². The van der Waals surface area contributed by atoms with Gasteiger partial charge in [0.05, 0.1) is 12.1 Å². The number of rotatable bonds is 10. The third-order valence-electron chi connectivity index (χ3n) is 4.51. The Morgan fingerprint density at radius 1 is 1.44 bits per heavy atom. The molecule has 0 aromatic carbocycles. The lowest BCUT2D eigenvalue weighted by molar-refractivity contribution is -0.128. The molecule has 1 aliphatic heterocycles. The molecule has 1 amide bonds. The SMILES string of the molecule is CCCCC[C@@H](O)C=C[C@H]1CCC(=O)N1CCc1ccc(C(=O)O)s1. The molecule has 0 saturated carbocycles. The van der Waals surface area contributed by atoms with E-state index in [-0.39, 0.29) is 11.9 Å². The second kappa shape index (κ2) is 9.73. The van der Waals surface area contributed by atoms with Crippen LogP contribution in [0.15, 0.2) is 24.3 Å². The second-order valence-electron chi connectivity index (χ2n) is 6.46. The van der Waals surface area contributed by atoms with Crippen LogP contribution in [-0.2, 0) is 11.2 Å². The van der Waals surface area contributed by atoms with Crippen LogP contribution in [0.5, 0.6) is 0 Å². The maximum atomic E-state index is 12.1. The van der Waals surface area contributed by atoms with Gasteiger partial charge in [-0.25, -0.2) is 4.79 Å². The predicted molar refractivity (Wildman–Crippen MR) is 99.0 cm³/mol. The number of unbranched alkanes of at least 4 members (excludes halogenated alkanes) is 2. The van der Waals surface area contributed by atoms with Crippen molar-refractivity contribution in [2.24, 2.45) is 0 Å². The summed E-state index contributed by atoms with van der Waals surface area (Å²) in [6.07, 6.45) is 9.34. The zero-order valence-electron chi connectivity index (χ0n) is 14.7. The van der Waals surface area contributed by atoms with Gasteiger partial charge < -0.3 is 15.1 Å². The van der Waals surface area contributed by atoms with Crippen LogP contribution in [0.2, 0.25) is 0 Å². The van der Waals surface area contributed by atoms with Gasteiger partial charge in [-0.1, -0.05) is 38.3 Å². The van der Waals surface area contributed by atoms with Crippen LogP contribution in [-0.4, -0.2) is 45.7 Å². The Kier molecular flexibility index (Phi) is 7.65. The van der Waals surface area contributed by atoms with Crippen LogP contribution in [0.25, 0.3) is 0 Å². The quantitative estimate of drug-likeness (QED) is 0.491. The number of aromatic carboxylic acids is 1. The predicted octanol–water partition coefficient (Wildman–Crippen LogP) is 3.48. The van der Waals surface area contributed by atoms with Gasteiger partial charge in [0.15, 0.2) is 0 Å². The summed E-state index contributed by atoms with van der Waals surface area (Å²) in [5, 5.41) is 19.0. The van der Waals surface area contributed by atoms with E-state index < -0.39 is 12.1 Å². The molecule has 2 atom stereocenters. The minimum Gasteiger partial charge on any atom is -0.477 e. The summed E-state index contributed by atoms with van der Waals surface area (Å²) < 4.78 is 0. The molecule has 1 saturated heterocycles. The number of aliphatic hydroxyl groups excluding tert-OH is 1. The van der Waals surface area contributed by atoms with Crippen molar-refractivity contribution in [2.45, 2.75) is 64.0 Å². The fourth-order valence-electron chi connectivity index (χ4n) is 3.06. The number of carboxylic acids is 1. The van der Waals surface area contributed by atoms with Crippen molar-refractivity contribution in [1.29, 1.82) is 0 Å². The van der Waals surface area contributed by atoms with E-state index in [1.54, 1.807) is 6.07 Å². The van der Waals surface area contributed by atoms with Gasteiger partial charge in [-0.2, -0.15) is 0 Å². The van der Waals surface area contributed by atoms with Crippen molar-refractivity contribution in [3.63, 3.8) is 0 Å². The van der Waals surface area contributed by atoms with Gasteiger partial charge in [-0.05, 0) is 31.4 Å². The van der Waals surface area contributed by atoms with E-state index in [0.29, 0.717) is 24.3 Å². The third kappa shape index (κ3) is 5.97. The molecule has 25 heavy (non-hydrogen) atoms. The standard InChI is InChI=1S/C19H27NO4S/c1-2-3-4-5-15(21)8-6-14-7-11-18(22)20(14)13-12-16-9-10-17(25-16)19(23)24/h6,8-10,14-15,21H,2-5,7,11-13H2,1H3,(H,23,24)/t14-,15+/m0/s1. The molecule has 0 radical (unpaired) electrons. The van der Waals surface area contributed by atoms with Crippen LogP contribution in [0.1, 0.15) is 60.0 Å². The highest BCUT2D eigenvalue weighted by Gasteiger charge is 2.28. The molecule has 0 unspecified atom stereocenters. The molecule has 138 valence electrons. The molecule has 6 heteroatoms. The first kappa shape index (κ1) is 19.7. The lowest BCUT2D eigenvalue weighted by Crippen LogP contribution is -2.33. The molecule has 2 N–H and O–H groups in total. The van der Waals surface area contributed by atoms with E-state index in [9.17, 15) is 14.7 Å². The van der Waals surface area contributed by atoms with Crippen LogP contribution in [0, 0.1) is 0 Å². The summed E-state index contributed by atoms with van der Waals surface area (Å²) in [6.45, 7) is 2.72. The maximum absolute atomic E-state index is 12.1. The highest BCUT2D eigenvalue weighted by Crippen LogP contribution is 2.23. The largest absolute Gasteiger partial charge is 0.477 e. The number of hydrogen-bond acceptors (Lipinski definition) is 4. The van der Waals surface area contributed by atoms with Crippen molar-refractivity contribution < 1.29 is 19.8 Å². The molecule has 1 aromatic heterocycles. The Morgan fingerprint density at radius 3 is 2.92 bits per heavy atom. The van der Waals surface area contributed by atoms with Crippen molar-refractivity contribution in [2.75, 3.05) is 6.54 Å². The number of aliphatic hydroxyl groups is 1. The monoisotopic (exact) mass is 365 g/mol. The van der Waals surface area contributed by atoms with E-state index in [0.717, 1.165) is 37.0 Å². The summed E-state index contributed by atoms with van der Waals surface area (Å²) in [7, 11) is 0. The van der Waals surface area contributed by atoms with Gasteiger partial charge in [0.1, 0.15) is 4.88 Å². The second-order valence-corrected chi connectivity index (χ2v) is 7.63. The molecular weight excluding hydrogens is 338 g/mol. The van der Waals surface area contributed by atoms with Crippen molar-refractivity contribution in [3.05, 3.63) is 34.0 Å². The van der Waals surface area contributed by atoms with Gasteiger partial charge in [0, 0.05) is 17.8 Å². The first-order chi connectivity index (χ1) is 12.0. The van der Waals surface area contributed by atoms with Gasteiger partial charge in [-0.3, -0.25) is 4.79 Å². The number of carboxylic acid groups (broad SMARTS) is 1. The van der Waals surface area contributed by atoms with Gasteiger partial charge >= 0.3 is 5.97 Å². The van der Waals surface area contributed by atoms with E-state index in [4.69, 9.17) is 5.11 Å². The first-order valence-corrected chi connectivity index (χ1v) is 9.80. The Morgan fingerprint density at radius 2 is 2.24 bits per heavy atom. The molecule has 0 bridgehead atoms. The average molecular weight is 365 g/mol. The Bertz CT molecular complexity index is 610. The minimum absolute atomic E-state index is 0.0345. The van der Waals surface area contributed by atoms with Gasteiger partial charge in [0.2, 0.25) is 5.91 Å². The minimum atomic E-state index is -0.911. The zero-order valence-corrected chi connectivity index (χ0v) is 15.5. The molecule has 0 aliphatic carbocycles. The van der Waals surface area contributed by atoms with E-state index in [1.807, 2.05) is 23.1 Å². The Labute approximate surface area is 153 Å². The molecular formula is C19H27NO4S. The van der Waals surface area contributed by atoms with Gasteiger partial charge in [-0.15, -0.1) is 11.3 Å². The van der Waals surface area contributed by atoms with E-state index in [2.05, 4.69) is 6.92 Å². The van der Waals surface area contributed by atoms with Crippen molar-refractivity contribution in [3.8, 4) is 0 Å². The molecule has 1 aromatic rings. The van der Waals surface area contributed by atoms with Crippen LogP contribution < -0.4 is 0 Å². The number of carbonyl (C=O) groups excluding carboxylic acids is 1. The smallest absolute Gasteiger partial charge is 0.345 e. The van der Waals surface area contributed by atoms with Gasteiger partial charge in [0.25, 0.3) is 0 Å². The van der Waals surface area contributed by atoms with Crippen molar-refractivity contribution >= 4 is 23.2 Å². The summed E-state index contributed by atoms with van der Waals surface area (Å²) in [5.41, 5.74) is 0. The summed E-state index contributed by atoms with van der Waals surface area (Å²) in [4.78, 5) is 26.2. The van der Waals surface area contributed by atoms with Crippen LogP contribution in [0.3, 0.4) is 0 Å². The van der Waals surface area contributed by atoms with E-state index >= 15 is 0 Å². The molecule has 2 rings (SSSR count). The number of thiophene rings is 1. The number of nitrogens with zero attached hydrogens (tertiary/aromatic N) is 1. The fourth-order valence-corrected chi connectivity index (χ4v) is 3.90. The topological polar surface area (TPSA) is 77.8 Å². The summed E-state index contributed by atoms with van der Waals surface area (Å²) in [5.74, 6) is -0.781. The number of likely N-dealkylation sites (tertiary alicyclic amines) is 1. The third-order valence-corrected chi connectivity index (χ3v) is 5.64. The zero-order chi connectivity index (χ0) is 18.2. The van der Waals surface area contributed by atoms with Crippen LogP contribution in [0.4, 0.5) is 0 Å². The molecule has 0 spiro atoms. The molecule has 5 nitrogen and oxygen atoms in total. The normalized spacial score (nSPS) is 19.0.